The molecule has 0 N–H and O–H groups in total. The molecule has 0 unspecified atom stereocenters. The van der Waals surface area contributed by atoms with E-state index in [0.717, 1.165) is 6.07 Å². The van der Waals surface area contributed by atoms with Crippen LogP contribution in [0.2, 0.25) is 0 Å². The highest BCUT2D eigenvalue weighted by Crippen LogP contribution is 2.33. The fourth-order valence-electron chi connectivity index (χ4n) is 1.87. The van der Waals surface area contributed by atoms with E-state index in [0.29, 0.717) is 17.7 Å². The van der Waals surface area contributed by atoms with Gasteiger partial charge in [0.15, 0.2) is 0 Å². The van der Waals surface area contributed by atoms with E-state index < -0.39 is 28.7 Å². The number of hydrogen-bond donors (Lipinski definition) is 0. The maximum absolute atomic E-state index is 12.7. The Morgan fingerprint density at radius 3 is 2.26 bits per heavy atom. The highest BCUT2D eigenvalue weighted by Gasteiger charge is 2.32. The van der Waals surface area contributed by atoms with Gasteiger partial charge in [-0.25, -0.2) is 0 Å². The van der Waals surface area contributed by atoms with Gasteiger partial charge < -0.3 is 4.74 Å². The van der Waals surface area contributed by atoms with E-state index in [2.05, 4.69) is 0 Å². The van der Waals surface area contributed by atoms with Crippen molar-refractivity contribution >= 4 is 22.8 Å². The molecule has 0 saturated carbocycles. The van der Waals surface area contributed by atoms with Gasteiger partial charge in [0.25, 0.3) is 5.24 Å². The number of rotatable bonds is 4. The molecule has 0 atom stereocenters. The number of benzene rings is 2. The molecule has 0 bridgehead atoms. The van der Waals surface area contributed by atoms with Crippen LogP contribution in [0.5, 0.6) is 5.75 Å². The normalized spacial score (nSPS) is 11.1. The molecule has 7 heteroatoms. The SMILES string of the molecule is O=C(Cc1ccccc1)Oc1cc(C(F)(F)F)ccc1C(=O)Cl. The number of esters is 1. The van der Waals surface area contributed by atoms with Crippen LogP contribution in [-0.2, 0) is 17.4 Å². The Bertz CT molecular complexity index is 727. The zero-order valence-corrected chi connectivity index (χ0v) is 12.3. The Morgan fingerprint density at radius 2 is 1.70 bits per heavy atom. The number of halogens is 4. The summed E-state index contributed by atoms with van der Waals surface area (Å²) in [7, 11) is 0. The average molecular weight is 343 g/mol. The number of carbonyl (C=O) groups excluding carboxylic acids is 2. The van der Waals surface area contributed by atoms with E-state index in [1.165, 1.54) is 0 Å². The van der Waals surface area contributed by atoms with Crippen molar-refractivity contribution < 1.29 is 27.5 Å². The summed E-state index contributed by atoms with van der Waals surface area (Å²) in [4.78, 5) is 23.1. The third-order valence-electron chi connectivity index (χ3n) is 2.94. The van der Waals surface area contributed by atoms with Gasteiger partial charge in [0.2, 0.25) is 0 Å². The second kappa shape index (κ2) is 6.83. The topological polar surface area (TPSA) is 43.4 Å². The quantitative estimate of drug-likeness (QED) is 0.474. The van der Waals surface area contributed by atoms with Crippen LogP contribution >= 0.6 is 11.6 Å². The van der Waals surface area contributed by atoms with Gasteiger partial charge in [-0.3, -0.25) is 9.59 Å². The summed E-state index contributed by atoms with van der Waals surface area (Å²) in [6, 6.07) is 10.7. The van der Waals surface area contributed by atoms with Gasteiger partial charge in [-0.2, -0.15) is 13.2 Å². The summed E-state index contributed by atoms with van der Waals surface area (Å²) in [5, 5.41) is -1.01. The van der Waals surface area contributed by atoms with Gasteiger partial charge in [0, 0.05) is 0 Å². The average Bonchev–Trinajstić information content (AvgIpc) is 2.46. The zero-order valence-electron chi connectivity index (χ0n) is 11.6. The number of hydrogen-bond acceptors (Lipinski definition) is 3. The minimum absolute atomic E-state index is 0.146. The van der Waals surface area contributed by atoms with E-state index in [1.54, 1.807) is 30.3 Å². The molecular weight excluding hydrogens is 333 g/mol. The Labute approximate surface area is 134 Å². The van der Waals surface area contributed by atoms with E-state index in [4.69, 9.17) is 16.3 Å². The van der Waals surface area contributed by atoms with Gasteiger partial charge in [-0.05, 0) is 35.4 Å². The monoisotopic (exact) mass is 342 g/mol. The fraction of sp³-hybridized carbons (Fsp3) is 0.125. The van der Waals surface area contributed by atoms with Crippen LogP contribution in [0.1, 0.15) is 21.5 Å². The van der Waals surface area contributed by atoms with Crippen molar-refractivity contribution in [2.75, 3.05) is 0 Å². The Morgan fingerprint density at radius 1 is 1.04 bits per heavy atom. The minimum Gasteiger partial charge on any atom is -0.425 e. The van der Waals surface area contributed by atoms with Gasteiger partial charge in [-0.15, -0.1) is 0 Å². The number of alkyl halides is 3. The standard InChI is InChI=1S/C16H10ClF3O3/c17-15(22)12-7-6-11(16(18,19)20)9-13(12)23-14(21)8-10-4-2-1-3-5-10/h1-7,9H,8H2. The van der Waals surface area contributed by atoms with Gasteiger partial charge >= 0.3 is 12.1 Å². The molecule has 0 aliphatic carbocycles. The Hall–Kier alpha value is -2.34. The first-order valence-corrected chi connectivity index (χ1v) is 6.81. The van der Waals surface area contributed by atoms with Crippen LogP contribution in [-0.4, -0.2) is 11.2 Å². The molecule has 3 nitrogen and oxygen atoms in total. The second-order valence-electron chi connectivity index (χ2n) is 4.62. The molecule has 0 amide bonds. The summed E-state index contributed by atoms with van der Waals surface area (Å²) in [6.45, 7) is 0. The van der Waals surface area contributed by atoms with E-state index >= 15 is 0 Å². The molecule has 0 aromatic heterocycles. The first-order valence-electron chi connectivity index (χ1n) is 6.43. The lowest BCUT2D eigenvalue weighted by Crippen LogP contribution is -2.14. The Kier molecular flexibility index (Phi) is 5.05. The molecular formula is C16H10ClF3O3. The Balaban J connectivity index is 2.26. The molecule has 0 aliphatic rings. The first-order chi connectivity index (χ1) is 10.8. The molecule has 2 rings (SSSR count). The summed E-state index contributed by atoms with van der Waals surface area (Å²) in [6.07, 6.45) is -4.78. The van der Waals surface area contributed by atoms with E-state index in [1.807, 2.05) is 0 Å². The van der Waals surface area contributed by atoms with Crippen molar-refractivity contribution in [3.63, 3.8) is 0 Å². The predicted molar refractivity (Wildman–Crippen MR) is 77.4 cm³/mol. The molecule has 0 aliphatic heterocycles. The minimum atomic E-state index is -4.63. The number of carbonyl (C=O) groups is 2. The van der Waals surface area contributed by atoms with Crippen LogP contribution in [0.25, 0.3) is 0 Å². The van der Waals surface area contributed by atoms with Crippen molar-refractivity contribution in [3.05, 3.63) is 65.2 Å². The molecule has 2 aromatic carbocycles. The van der Waals surface area contributed by atoms with Crippen molar-refractivity contribution in [2.24, 2.45) is 0 Å². The third kappa shape index (κ3) is 4.56. The summed E-state index contributed by atoms with van der Waals surface area (Å²) >= 11 is 5.31. The lowest BCUT2D eigenvalue weighted by molar-refractivity contribution is -0.139. The van der Waals surface area contributed by atoms with Gasteiger partial charge in [-0.1, -0.05) is 30.3 Å². The van der Waals surface area contributed by atoms with Crippen molar-refractivity contribution in [2.45, 2.75) is 12.6 Å². The summed E-state index contributed by atoms with van der Waals surface area (Å²) < 4.78 is 43.1. The van der Waals surface area contributed by atoms with Crippen molar-refractivity contribution in [1.29, 1.82) is 0 Å². The van der Waals surface area contributed by atoms with Crippen LogP contribution in [0.15, 0.2) is 48.5 Å². The zero-order chi connectivity index (χ0) is 17.0. The molecule has 120 valence electrons. The van der Waals surface area contributed by atoms with Gasteiger partial charge in [0.1, 0.15) is 5.75 Å². The highest BCUT2D eigenvalue weighted by atomic mass is 35.5. The highest BCUT2D eigenvalue weighted by molar-refractivity contribution is 6.68. The predicted octanol–water partition coefficient (Wildman–Crippen LogP) is 4.23. The van der Waals surface area contributed by atoms with E-state index in [-0.39, 0.29) is 12.0 Å². The molecule has 23 heavy (non-hydrogen) atoms. The maximum atomic E-state index is 12.7. The van der Waals surface area contributed by atoms with Crippen LogP contribution < -0.4 is 4.74 Å². The van der Waals surface area contributed by atoms with E-state index in [9.17, 15) is 22.8 Å². The molecule has 0 heterocycles. The van der Waals surface area contributed by atoms with Crippen molar-refractivity contribution in [3.8, 4) is 5.75 Å². The number of ether oxygens (including phenoxy) is 1. The molecule has 0 radical (unpaired) electrons. The molecule has 0 saturated heterocycles. The second-order valence-corrected chi connectivity index (χ2v) is 4.96. The maximum Gasteiger partial charge on any atom is 0.416 e. The fourth-order valence-corrected chi connectivity index (χ4v) is 2.02. The molecule has 0 fully saturated rings. The van der Waals surface area contributed by atoms with Crippen molar-refractivity contribution in [1.82, 2.24) is 0 Å². The lowest BCUT2D eigenvalue weighted by atomic mass is 10.1. The third-order valence-corrected chi connectivity index (χ3v) is 3.14. The molecule has 0 spiro atoms. The van der Waals surface area contributed by atoms with Crippen LogP contribution in [0.3, 0.4) is 0 Å². The first kappa shape index (κ1) is 17.0. The largest absolute Gasteiger partial charge is 0.425 e. The smallest absolute Gasteiger partial charge is 0.416 e. The molecule has 2 aromatic rings. The summed E-state index contributed by atoms with van der Waals surface area (Å²) in [5.41, 5.74) is -0.717. The van der Waals surface area contributed by atoms with Crippen LogP contribution in [0.4, 0.5) is 13.2 Å². The lowest BCUT2D eigenvalue weighted by Gasteiger charge is -2.12. The van der Waals surface area contributed by atoms with Crippen LogP contribution in [0, 0.1) is 0 Å². The summed E-state index contributed by atoms with van der Waals surface area (Å²) in [5.74, 6) is -1.31. The van der Waals surface area contributed by atoms with Gasteiger partial charge in [0.05, 0.1) is 17.5 Å².